The number of anilines is 1. The van der Waals surface area contributed by atoms with Gasteiger partial charge in [-0.25, -0.2) is 9.97 Å². The van der Waals surface area contributed by atoms with E-state index in [0.29, 0.717) is 0 Å². The Balaban J connectivity index is 2.02. The Labute approximate surface area is 117 Å². The van der Waals surface area contributed by atoms with E-state index in [1.165, 1.54) is 6.33 Å². The van der Waals surface area contributed by atoms with Gasteiger partial charge in [-0.2, -0.15) is 0 Å². The summed E-state index contributed by atoms with van der Waals surface area (Å²) in [5.74, 6) is -0.136. The van der Waals surface area contributed by atoms with Crippen LogP contribution in [0.4, 0.5) is 11.5 Å². The predicted molar refractivity (Wildman–Crippen MR) is 75.5 cm³/mol. The van der Waals surface area contributed by atoms with Crippen molar-refractivity contribution in [3.8, 4) is 0 Å². The largest absolute Gasteiger partial charge is 0.378 e. The quantitative estimate of drug-likeness (QED) is 0.435. The first-order valence-electron chi connectivity index (χ1n) is 5.65. The van der Waals surface area contributed by atoms with Gasteiger partial charge in [0.2, 0.25) is 5.82 Å². The second-order valence-electron chi connectivity index (χ2n) is 3.99. The fraction of sp³-hybridized carbons (Fsp3) is 0. The van der Waals surface area contributed by atoms with Gasteiger partial charge in [0.05, 0.1) is 9.95 Å². The average molecular weight is 287 g/mol. The number of nitrogens with one attached hydrogen (secondary N) is 1. The lowest BCUT2D eigenvalue weighted by atomic mass is 10.3. The lowest BCUT2D eigenvalue weighted by molar-refractivity contribution is -0.387. The van der Waals surface area contributed by atoms with Crippen LogP contribution in [-0.2, 0) is 0 Å². The molecule has 0 atom stereocenters. The Morgan fingerprint density at radius 3 is 2.85 bits per heavy atom. The molecule has 0 amide bonds. The van der Waals surface area contributed by atoms with Crippen LogP contribution in [0, 0.1) is 10.1 Å². The topological polar surface area (TPSA) is 111 Å². The molecule has 0 fully saturated rings. The highest BCUT2D eigenvalue weighted by Crippen LogP contribution is 2.35. The Morgan fingerprint density at radius 2 is 2.10 bits per heavy atom. The van der Waals surface area contributed by atoms with Crippen LogP contribution >= 0.6 is 11.8 Å². The molecular weight excluding hydrogens is 278 g/mol. The van der Waals surface area contributed by atoms with Crippen molar-refractivity contribution in [2.24, 2.45) is 0 Å². The molecule has 0 spiro atoms. The van der Waals surface area contributed by atoms with E-state index in [2.05, 4.69) is 15.0 Å². The van der Waals surface area contributed by atoms with E-state index in [9.17, 15) is 10.1 Å². The number of hydrogen-bond acceptors (Lipinski definition) is 6. The lowest BCUT2D eigenvalue weighted by Crippen LogP contribution is -2.01. The molecule has 0 aliphatic rings. The summed E-state index contributed by atoms with van der Waals surface area (Å²) in [6.45, 7) is 0. The van der Waals surface area contributed by atoms with E-state index in [-0.39, 0.29) is 16.5 Å². The number of fused-ring (bicyclic) bond motifs is 1. The molecule has 2 heterocycles. The van der Waals surface area contributed by atoms with Gasteiger partial charge < -0.3 is 10.7 Å². The van der Waals surface area contributed by atoms with Crippen LogP contribution in [0.25, 0.3) is 10.9 Å². The van der Waals surface area contributed by atoms with E-state index in [4.69, 9.17) is 5.73 Å². The molecule has 0 saturated heterocycles. The van der Waals surface area contributed by atoms with Gasteiger partial charge in [-0.15, -0.1) is 0 Å². The maximum atomic E-state index is 11.0. The van der Waals surface area contributed by atoms with E-state index in [1.54, 1.807) is 0 Å². The summed E-state index contributed by atoms with van der Waals surface area (Å²) in [7, 11) is 0. The van der Waals surface area contributed by atoms with Crippen molar-refractivity contribution in [3.63, 3.8) is 0 Å². The molecule has 2 aromatic heterocycles. The van der Waals surface area contributed by atoms with E-state index >= 15 is 0 Å². The van der Waals surface area contributed by atoms with Gasteiger partial charge in [-0.1, -0.05) is 18.2 Å². The smallest absolute Gasteiger partial charge is 0.343 e. The van der Waals surface area contributed by atoms with Crippen molar-refractivity contribution in [3.05, 3.63) is 46.8 Å². The Bertz CT molecular complexity index is 768. The zero-order valence-electron chi connectivity index (χ0n) is 10.1. The van der Waals surface area contributed by atoms with Crippen LogP contribution in [0.15, 0.2) is 46.7 Å². The van der Waals surface area contributed by atoms with Crippen LogP contribution in [0.3, 0.4) is 0 Å². The van der Waals surface area contributed by atoms with Crippen LogP contribution in [0.2, 0.25) is 0 Å². The summed E-state index contributed by atoms with van der Waals surface area (Å²) in [4.78, 5) is 21.2. The second kappa shape index (κ2) is 4.82. The third-order valence-corrected chi connectivity index (χ3v) is 3.64. The molecule has 0 unspecified atom stereocenters. The molecule has 1 aromatic carbocycles. The van der Waals surface area contributed by atoms with Gasteiger partial charge in [0.1, 0.15) is 6.33 Å². The SMILES string of the molecule is Nc1ncnc(Sc2cc3ccccc3[nH]2)c1[N+](=O)[O-]. The number of rotatable bonds is 3. The minimum atomic E-state index is -0.569. The van der Waals surface area contributed by atoms with E-state index < -0.39 is 4.92 Å². The fourth-order valence-corrected chi connectivity index (χ4v) is 2.76. The summed E-state index contributed by atoms with van der Waals surface area (Å²) in [6.07, 6.45) is 1.22. The Hall–Kier alpha value is -2.61. The van der Waals surface area contributed by atoms with Crippen LogP contribution in [-0.4, -0.2) is 19.9 Å². The average Bonchev–Trinajstić information content (AvgIpc) is 2.80. The summed E-state index contributed by atoms with van der Waals surface area (Å²) in [5.41, 5.74) is 6.23. The zero-order valence-corrected chi connectivity index (χ0v) is 10.9. The maximum absolute atomic E-state index is 11.0. The molecule has 8 heteroatoms. The normalized spacial score (nSPS) is 10.8. The van der Waals surface area contributed by atoms with Crippen LogP contribution in [0.5, 0.6) is 0 Å². The number of nitrogens with two attached hydrogens (primary N) is 1. The minimum Gasteiger partial charge on any atom is -0.378 e. The number of nitrogen functional groups attached to an aromatic ring is 1. The van der Waals surface area contributed by atoms with Crippen molar-refractivity contribution in [1.82, 2.24) is 15.0 Å². The monoisotopic (exact) mass is 287 g/mol. The maximum Gasteiger partial charge on any atom is 0.343 e. The van der Waals surface area contributed by atoms with Gasteiger partial charge in [-0.3, -0.25) is 10.1 Å². The number of nitro groups is 1. The third-order valence-electron chi connectivity index (χ3n) is 2.71. The number of H-pyrrole nitrogens is 1. The molecule has 0 saturated carbocycles. The van der Waals surface area contributed by atoms with Crippen molar-refractivity contribution in [2.45, 2.75) is 10.1 Å². The summed E-state index contributed by atoms with van der Waals surface area (Å²) < 4.78 is 0. The molecule has 3 rings (SSSR count). The minimum absolute atomic E-state index is 0.136. The number of hydrogen-bond donors (Lipinski definition) is 2. The van der Waals surface area contributed by atoms with E-state index in [0.717, 1.165) is 27.7 Å². The van der Waals surface area contributed by atoms with Gasteiger partial charge in [0, 0.05) is 10.9 Å². The molecule has 100 valence electrons. The molecule has 3 aromatic rings. The first-order valence-corrected chi connectivity index (χ1v) is 6.47. The van der Waals surface area contributed by atoms with E-state index in [1.807, 2.05) is 30.3 Å². The predicted octanol–water partition coefficient (Wildman–Crippen LogP) is 2.60. The molecule has 20 heavy (non-hydrogen) atoms. The summed E-state index contributed by atoms with van der Waals surface area (Å²) in [6, 6.07) is 9.64. The number of para-hydroxylation sites is 1. The highest BCUT2D eigenvalue weighted by molar-refractivity contribution is 7.99. The number of aromatic amines is 1. The molecule has 3 N–H and O–H groups in total. The number of benzene rings is 1. The molecular formula is C12H9N5O2S. The third kappa shape index (κ3) is 2.16. The highest BCUT2D eigenvalue weighted by Gasteiger charge is 2.22. The second-order valence-corrected chi connectivity index (χ2v) is 5.02. The Kier molecular flexibility index (Phi) is 2.99. The van der Waals surface area contributed by atoms with Gasteiger partial charge >= 0.3 is 5.69 Å². The number of aromatic nitrogens is 3. The van der Waals surface area contributed by atoms with Crippen molar-refractivity contribution in [1.29, 1.82) is 0 Å². The number of nitrogens with zero attached hydrogens (tertiary/aromatic N) is 3. The Morgan fingerprint density at radius 1 is 1.30 bits per heavy atom. The van der Waals surface area contributed by atoms with Crippen LogP contribution in [0.1, 0.15) is 0 Å². The highest BCUT2D eigenvalue weighted by atomic mass is 32.2. The molecule has 0 aliphatic heterocycles. The molecule has 0 bridgehead atoms. The van der Waals surface area contributed by atoms with Gasteiger partial charge in [0.25, 0.3) is 0 Å². The molecule has 0 aliphatic carbocycles. The van der Waals surface area contributed by atoms with Crippen molar-refractivity contribution >= 4 is 34.2 Å². The standard InChI is InChI=1S/C12H9N5O2S/c13-11-10(17(18)19)12(15-6-14-11)20-9-5-7-3-1-2-4-8(7)16-9/h1-6,16H,(H2,13,14,15). The fourth-order valence-electron chi connectivity index (χ4n) is 1.83. The van der Waals surface area contributed by atoms with Crippen LogP contribution < -0.4 is 5.73 Å². The summed E-state index contributed by atoms with van der Waals surface area (Å²) >= 11 is 1.15. The first kappa shape index (κ1) is 12.4. The van der Waals surface area contributed by atoms with Gasteiger partial charge in [-0.05, 0) is 23.9 Å². The zero-order chi connectivity index (χ0) is 14.1. The van der Waals surface area contributed by atoms with Gasteiger partial charge in [0.15, 0.2) is 5.03 Å². The van der Waals surface area contributed by atoms with Crippen molar-refractivity contribution < 1.29 is 4.92 Å². The summed E-state index contributed by atoms with van der Waals surface area (Å²) in [5, 5.41) is 13.0. The molecule has 7 nitrogen and oxygen atoms in total. The first-order chi connectivity index (χ1) is 9.65. The molecule has 0 radical (unpaired) electrons. The van der Waals surface area contributed by atoms with Crippen molar-refractivity contribution in [2.75, 3.05) is 5.73 Å². The lowest BCUT2D eigenvalue weighted by Gasteiger charge is -2.01.